The molecule has 1 amide bonds. The summed E-state index contributed by atoms with van der Waals surface area (Å²) in [6, 6.07) is 4.61. The summed E-state index contributed by atoms with van der Waals surface area (Å²) in [5.74, 6) is -0.937. The quantitative estimate of drug-likeness (QED) is 0.883. The highest BCUT2D eigenvalue weighted by atomic mass is 19.1. The van der Waals surface area contributed by atoms with Crippen LogP contribution in [0.5, 0.6) is 0 Å². The van der Waals surface area contributed by atoms with Gasteiger partial charge in [-0.05, 0) is 26.0 Å². The summed E-state index contributed by atoms with van der Waals surface area (Å²) in [6.07, 6.45) is 0. The normalized spacial score (nSPS) is 17.2. The number of halogens is 2. The van der Waals surface area contributed by atoms with E-state index in [1.165, 1.54) is 6.07 Å². The molecule has 1 atom stereocenters. The van der Waals surface area contributed by atoms with Crippen molar-refractivity contribution in [3.63, 3.8) is 0 Å². The third-order valence-corrected chi connectivity index (χ3v) is 4.58. The second kappa shape index (κ2) is 7.92. The maximum atomic E-state index is 13.7. The molecule has 26 heavy (non-hydrogen) atoms. The molecule has 1 fully saturated rings. The van der Waals surface area contributed by atoms with Gasteiger partial charge in [0.15, 0.2) is 5.76 Å². The highest BCUT2D eigenvalue weighted by molar-refractivity contribution is 5.94. The lowest BCUT2D eigenvalue weighted by Crippen LogP contribution is -2.52. The van der Waals surface area contributed by atoms with Crippen molar-refractivity contribution < 1.29 is 18.1 Å². The van der Waals surface area contributed by atoms with E-state index in [4.69, 9.17) is 4.52 Å². The molecule has 0 saturated carbocycles. The van der Waals surface area contributed by atoms with Crippen LogP contribution in [0.25, 0.3) is 0 Å². The number of hydrogen-bond acceptors (Lipinski definition) is 5. The Labute approximate surface area is 150 Å². The number of aryl methyl sites for hydroxylation is 1. The SMILES string of the molecule is Cc1cc(CN2CCN(C(C)C(=O)Nc3ccc(F)cc3F)CC2)on1. The van der Waals surface area contributed by atoms with Crippen molar-refractivity contribution in [1.82, 2.24) is 15.0 Å². The number of carbonyl (C=O) groups is 1. The van der Waals surface area contributed by atoms with Crippen LogP contribution in [0, 0.1) is 18.6 Å². The number of hydrogen-bond donors (Lipinski definition) is 1. The molecule has 8 heteroatoms. The smallest absolute Gasteiger partial charge is 0.241 e. The first-order valence-corrected chi connectivity index (χ1v) is 8.57. The Balaban J connectivity index is 1.51. The summed E-state index contributed by atoms with van der Waals surface area (Å²) in [5.41, 5.74) is 0.847. The van der Waals surface area contributed by atoms with Crippen LogP contribution in [0.3, 0.4) is 0 Å². The van der Waals surface area contributed by atoms with Gasteiger partial charge in [0, 0.05) is 38.3 Å². The molecule has 0 aliphatic carbocycles. The average molecular weight is 364 g/mol. The molecular weight excluding hydrogens is 342 g/mol. The first kappa shape index (κ1) is 18.5. The molecule has 1 aliphatic heterocycles. The van der Waals surface area contributed by atoms with Gasteiger partial charge in [0.1, 0.15) is 11.6 Å². The van der Waals surface area contributed by atoms with E-state index in [-0.39, 0.29) is 11.6 Å². The minimum Gasteiger partial charge on any atom is -0.360 e. The molecule has 3 rings (SSSR count). The number of anilines is 1. The van der Waals surface area contributed by atoms with Crippen molar-refractivity contribution in [3.05, 3.63) is 47.4 Å². The minimum atomic E-state index is -0.780. The van der Waals surface area contributed by atoms with Gasteiger partial charge in [0.25, 0.3) is 0 Å². The van der Waals surface area contributed by atoms with Crippen molar-refractivity contribution in [2.75, 3.05) is 31.5 Å². The van der Waals surface area contributed by atoms with Crippen LogP contribution >= 0.6 is 0 Å². The van der Waals surface area contributed by atoms with E-state index in [9.17, 15) is 13.6 Å². The van der Waals surface area contributed by atoms with Gasteiger partial charge in [0.05, 0.1) is 24.0 Å². The minimum absolute atomic E-state index is 0.0115. The van der Waals surface area contributed by atoms with Gasteiger partial charge < -0.3 is 9.84 Å². The van der Waals surface area contributed by atoms with Gasteiger partial charge in [-0.15, -0.1) is 0 Å². The number of nitrogens with one attached hydrogen (secondary N) is 1. The number of nitrogens with zero attached hydrogens (tertiary/aromatic N) is 3. The molecule has 1 aliphatic rings. The fraction of sp³-hybridized carbons (Fsp3) is 0.444. The maximum Gasteiger partial charge on any atom is 0.241 e. The summed E-state index contributed by atoms with van der Waals surface area (Å²) in [7, 11) is 0. The summed E-state index contributed by atoms with van der Waals surface area (Å²) in [4.78, 5) is 16.7. The van der Waals surface area contributed by atoms with E-state index in [1.54, 1.807) is 6.92 Å². The Bertz CT molecular complexity index is 772. The Morgan fingerprint density at radius 3 is 2.62 bits per heavy atom. The molecule has 1 N–H and O–H groups in total. The van der Waals surface area contributed by atoms with Crippen LogP contribution in [-0.4, -0.2) is 53.1 Å². The van der Waals surface area contributed by atoms with Crippen LogP contribution < -0.4 is 5.32 Å². The second-order valence-corrected chi connectivity index (χ2v) is 6.54. The van der Waals surface area contributed by atoms with E-state index < -0.39 is 17.7 Å². The zero-order chi connectivity index (χ0) is 18.7. The predicted octanol–water partition coefficient (Wildman–Crippen LogP) is 2.41. The van der Waals surface area contributed by atoms with Gasteiger partial charge in [-0.2, -0.15) is 0 Å². The fourth-order valence-corrected chi connectivity index (χ4v) is 3.01. The molecule has 1 aromatic carbocycles. The number of piperazine rings is 1. The zero-order valence-electron chi connectivity index (χ0n) is 14.8. The van der Waals surface area contributed by atoms with Crippen LogP contribution in [-0.2, 0) is 11.3 Å². The Morgan fingerprint density at radius 2 is 2.00 bits per heavy atom. The molecule has 2 aromatic rings. The third kappa shape index (κ3) is 4.44. The number of amides is 1. The third-order valence-electron chi connectivity index (χ3n) is 4.58. The number of aromatic nitrogens is 1. The van der Waals surface area contributed by atoms with Gasteiger partial charge >= 0.3 is 0 Å². The summed E-state index contributed by atoms with van der Waals surface area (Å²) < 4.78 is 31.9. The predicted molar refractivity (Wildman–Crippen MR) is 92.5 cm³/mol. The topological polar surface area (TPSA) is 61.6 Å². The number of benzene rings is 1. The maximum absolute atomic E-state index is 13.7. The Morgan fingerprint density at radius 1 is 1.27 bits per heavy atom. The molecule has 0 radical (unpaired) electrons. The lowest BCUT2D eigenvalue weighted by Gasteiger charge is -2.37. The lowest BCUT2D eigenvalue weighted by molar-refractivity contribution is -0.121. The summed E-state index contributed by atoms with van der Waals surface area (Å²) in [6.45, 7) is 7.38. The largest absolute Gasteiger partial charge is 0.360 e. The van der Waals surface area contributed by atoms with E-state index in [2.05, 4.69) is 15.4 Å². The number of rotatable bonds is 5. The highest BCUT2D eigenvalue weighted by Crippen LogP contribution is 2.17. The second-order valence-electron chi connectivity index (χ2n) is 6.54. The molecule has 2 heterocycles. The van der Waals surface area contributed by atoms with Gasteiger partial charge in [0.2, 0.25) is 5.91 Å². The van der Waals surface area contributed by atoms with E-state index in [0.29, 0.717) is 19.6 Å². The monoisotopic (exact) mass is 364 g/mol. The van der Waals surface area contributed by atoms with E-state index >= 15 is 0 Å². The molecule has 1 saturated heterocycles. The standard InChI is InChI=1S/C18H22F2N4O2/c1-12-9-15(26-22-12)11-23-5-7-24(8-6-23)13(2)18(25)21-17-4-3-14(19)10-16(17)20/h3-4,9-10,13H,5-8,11H2,1-2H3,(H,21,25). The highest BCUT2D eigenvalue weighted by Gasteiger charge is 2.26. The molecule has 0 bridgehead atoms. The lowest BCUT2D eigenvalue weighted by atomic mass is 10.2. The Kier molecular flexibility index (Phi) is 5.63. The zero-order valence-corrected chi connectivity index (χ0v) is 14.8. The first-order valence-electron chi connectivity index (χ1n) is 8.57. The van der Waals surface area contributed by atoms with Crippen LogP contribution in [0.4, 0.5) is 14.5 Å². The van der Waals surface area contributed by atoms with Crippen LogP contribution in [0.15, 0.2) is 28.8 Å². The van der Waals surface area contributed by atoms with Crippen molar-refractivity contribution in [2.45, 2.75) is 26.4 Å². The van der Waals surface area contributed by atoms with Crippen LogP contribution in [0.1, 0.15) is 18.4 Å². The van der Waals surface area contributed by atoms with Crippen molar-refractivity contribution >= 4 is 11.6 Å². The average Bonchev–Trinajstić information content (AvgIpc) is 3.02. The molecule has 1 unspecified atom stereocenters. The number of carbonyl (C=O) groups excluding carboxylic acids is 1. The van der Waals surface area contributed by atoms with Crippen LogP contribution in [0.2, 0.25) is 0 Å². The van der Waals surface area contributed by atoms with Crippen molar-refractivity contribution in [1.29, 1.82) is 0 Å². The van der Waals surface area contributed by atoms with Crippen molar-refractivity contribution in [3.8, 4) is 0 Å². The van der Waals surface area contributed by atoms with E-state index in [1.807, 2.05) is 17.9 Å². The molecule has 6 nitrogen and oxygen atoms in total. The summed E-state index contributed by atoms with van der Waals surface area (Å²) >= 11 is 0. The fourth-order valence-electron chi connectivity index (χ4n) is 3.01. The van der Waals surface area contributed by atoms with Gasteiger partial charge in [-0.25, -0.2) is 8.78 Å². The molecular formula is C18H22F2N4O2. The first-order chi connectivity index (χ1) is 12.4. The summed E-state index contributed by atoms with van der Waals surface area (Å²) in [5, 5.41) is 6.41. The van der Waals surface area contributed by atoms with E-state index in [0.717, 1.165) is 36.7 Å². The molecule has 1 aromatic heterocycles. The van der Waals surface area contributed by atoms with Gasteiger partial charge in [-0.3, -0.25) is 14.6 Å². The van der Waals surface area contributed by atoms with Gasteiger partial charge in [-0.1, -0.05) is 5.16 Å². The Hall–Kier alpha value is -2.32. The molecule has 140 valence electrons. The van der Waals surface area contributed by atoms with Crippen molar-refractivity contribution in [2.24, 2.45) is 0 Å². The molecule has 0 spiro atoms.